The largest absolute Gasteiger partial charge is 0.369 e. The summed E-state index contributed by atoms with van der Waals surface area (Å²) in [7, 11) is -3.58. The molecule has 0 aliphatic rings. The molecule has 0 spiro atoms. The molecule has 0 saturated heterocycles. The number of nitriles is 1. The summed E-state index contributed by atoms with van der Waals surface area (Å²) in [6.07, 6.45) is 0.557. The Balaban J connectivity index is 1.64. The fourth-order valence-corrected chi connectivity index (χ4v) is 5.25. The number of anilines is 1. The second-order valence-corrected chi connectivity index (χ2v) is 9.25. The van der Waals surface area contributed by atoms with E-state index < -0.39 is 10.0 Å². The lowest BCUT2D eigenvalue weighted by Crippen LogP contribution is -2.27. The summed E-state index contributed by atoms with van der Waals surface area (Å²) in [6, 6.07) is 13.6. The molecule has 0 fully saturated rings. The van der Waals surface area contributed by atoms with Crippen LogP contribution in [0.3, 0.4) is 0 Å². The number of rotatable bonds is 7. The van der Waals surface area contributed by atoms with E-state index in [0.29, 0.717) is 29.2 Å². The minimum Gasteiger partial charge on any atom is -0.369 e. The Bertz CT molecular complexity index is 1220. The van der Waals surface area contributed by atoms with Gasteiger partial charge in [-0.3, -0.25) is 0 Å². The molecule has 0 aliphatic heterocycles. The number of hydrogen-bond acceptors (Lipinski definition) is 5. The quantitative estimate of drug-likeness (QED) is 0.559. The number of aryl methyl sites for hydroxylation is 4. The highest BCUT2D eigenvalue weighted by molar-refractivity contribution is 7.89. The van der Waals surface area contributed by atoms with E-state index in [1.807, 2.05) is 64.1 Å². The molecule has 0 unspecified atom stereocenters. The first-order chi connectivity index (χ1) is 14.2. The van der Waals surface area contributed by atoms with Gasteiger partial charge in [0.25, 0.3) is 0 Å². The SMILES string of the molecule is Cc1cc(C)c(S(=O)(=O)NCCCNc2nc3c(C)cccc3cc2C#N)c(C)c1. The van der Waals surface area contributed by atoms with E-state index in [0.717, 1.165) is 33.2 Å². The molecule has 7 heteroatoms. The van der Waals surface area contributed by atoms with Crippen LogP contribution in [-0.4, -0.2) is 26.5 Å². The normalized spacial score (nSPS) is 11.4. The third-order valence-corrected chi connectivity index (χ3v) is 6.75. The highest BCUT2D eigenvalue weighted by Crippen LogP contribution is 2.23. The van der Waals surface area contributed by atoms with Gasteiger partial charge in [0.15, 0.2) is 0 Å². The number of nitrogens with one attached hydrogen (secondary N) is 2. The van der Waals surface area contributed by atoms with Gasteiger partial charge in [-0.25, -0.2) is 18.1 Å². The summed E-state index contributed by atoms with van der Waals surface area (Å²) in [5.74, 6) is 0.521. The maximum Gasteiger partial charge on any atom is 0.241 e. The molecule has 0 radical (unpaired) electrons. The van der Waals surface area contributed by atoms with E-state index in [9.17, 15) is 13.7 Å². The van der Waals surface area contributed by atoms with Crippen molar-refractivity contribution >= 4 is 26.7 Å². The van der Waals surface area contributed by atoms with Gasteiger partial charge in [0.2, 0.25) is 10.0 Å². The Labute approximate surface area is 178 Å². The van der Waals surface area contributed by atoms with Crippen LogP contribution in [0, 0.1) is 39.0 Å². The summed E-state index contributed by atoms with van der Waals surface area (Å²) < 4.78 is 28.1. The number of sulfonamides is 1. The van der Waals surface area contributed by atoms with Gasteiger partial charge >= 0.3 is 0 Å². The first-order valence-corrected chi connectivity index (χ1v) is 11.3. The van der Waals surface area contributed by atoms with Gasteiger partial charge in [0.1, 0.15) is 11.9 Å². The molecule has 0 saturated carbocycles. The van der Waals surface area contributed by atoms with Crippen molar-refractivity contribution in [1.29, 1.82) is 5.26 Å². The molecule has 30 heavy (non-hydrogen) atoms. The summed E-state index contributed by atoms with van der Waals surface area (Å²) in [5, 5.41) is 13.5. The molecule has 3 rings (SSSR count). The zero-order chi connectivity index (χ0) is 21.9. The lowest BCUT2D eigenvalue weighted by atomic mass is 10.1. The van der Waals surface area contributed by atoms with Crippen LogP contribution in [0.4, 0.5) is 5.82 Å². The van der Waals surface area contributed by atoms with Gasteiger partial charge in [-0.15, -0.1) is 0 Å². The van der Waals surface area contributed by atoms with Crippen LogP contribution in [0.15, 0.2) is 41.3 Å². The Morgan fingerprint density at radius 2 is 1.70 bits per heavy atom. The van der Waals surface area contributed by atoms with Crippen LogP contribution in [-0.2, 0) is 10.0 Å². The Morgan fingerprint density at radius 1 is 1.00 bits per heavy atom. The average molecular weight is 423 g/mol. The number of fused-ring (bicyclic) bond motifs is 1. The Hall–Kier alpha value is -2.95. The highest BCUT2D eigenvalue weighted by atomic mass is 32.2. The summed E-state index contributed by atoms with van der Waals surface area (Å²) >= 11 is 0. The zero-order valence-electron chi connectivity index (χ0n) is 17.7. The van der Waals surface area contributed by atoms with Crippen LogP contribution in [0.2, 0.25) is 0 Å². The fourth-order valence-electron chi connectivity index (χ4n) is 3.73. The van der Waals surface area contributed by atoms with Crippen LogP contribution in [0.1, 0.15) is 34.2 Å². The molecule has 6 nitrogen and oxygen atoms in total. The summed E-state index contributed by atoms with van der Waals surface area (Å²) in [6.45, 7) is 8.34. The van der Waals surface area contributed by atoms with E-state index in [-0.39, 0.29) is 6.54 Å². The van der Waals surface area contributed by atoms with Crippen molar-refractivity contribution in [3.63, 3.8) is 0 Å². The fraction of sp³-hybridized carbons (Fsp3) is 0.304. The summed E-state index contributed by atoms with van der Waals surface area (Å²) in [4.78, 5) is 4.95. The van der Waals surface area contributed by atoms with Crippen LogP contribution >= 0.6 is 0 Å². The molecule has 0 aliphatic carbocycles. The van der Waals surface area contributed by atoms with Crippen molar-refractivity contribution in [2.45, 2.75) is 39.0 Å². The Morgan fingerprint density at radius 3 is 2.37 bits per heavy atom. The monoisotopic (exact) mass is 422 g/mol. The minimum absolute atomic E-state index is 0.288. The summed E-state index contributed by atoms with van der Waals surface area (Å²) in [5.41, 5.74) is 4.89. The third-order valence-electron chi connectivity index (χ3n) is 4.98. The number of nitrogens with zero attached hydrogens (tertiary/aromatic N) is 2. The zero-order valence-corrected chi connectivity index (χ0v) is 18.5. The highest BCUT2D eigenvalue weighted by Gasteiger charge is 2.19. The van der Waals surface area contributed by atoms with Crippen molar-refractivity contribution in [3.8, 4) is 6.07 Å². The minimum atomic E-state index is -3.58. The molecule has 156 valence electrons. The lowest BCUT2D eigenvalue weighted by molar-refractivity contribution is 0.579. The standard InChI is InChI=1S/C23H26N4O2S/c1-15-11-17(3)22(18(4)12-15)30(28,29)26-10-6-9-25-23-20(14-24)13-19-8-5-7-16(2)21(19)27-23/h5,7-8,11-13,26H,6,9-10H2,1-4H3,(H,25,27). The van der Waals surface area contributed by atoms with Gasteiger partial charge in [0, 0.05) is 18.5 Å². The maximum atomic E-state index is 12.7. The van der Waals surface area contributed by atoms with Crippen molar-refractivity contribution < 1.29 is 8.42 Å². The number of pyridine rings is 1. The van der Waals surface area contributed by atoms with E-state index in [1.165, 1.54) is 0 Å². The Kier molecular flexibility index (Phi) is 6.40. The molecule has 0 bridgehead atoms. The predicted octanol–water partition coefficient (Wildman–Crippen LogP) is 4.12. The van der Waals surface area contributed by atoms with Gasteiger partial charge in [-0.05, 0) is 56.9 Å². The number of aromatic nitrogens is 1. The molecular weight excluding hydrogens is 396 g/mol. The predicted molar refractivity (Wildman–Crippen MR) is 120 cm³/mol. The van der Waals surface area contributed by atoms with E-state index in [4.69, 9.17) is 0 Å². The first-order valence-electron chi connectivity index (χ1n) is 9.85. The topological polar surface area (TPSA) is 94.9 Å². The molecule has 2 N–H and O–H groups in total. The lowest BCUT2D eigenvalue weighted by Gasteiger charge is -2.14. The smallest absolute Gasteiger partial charge is 0.241 e. The molecule has 1 heterocycles. The van der Waals surface area contributed by atoms with E-state index in [1.54, 1.807) is 0 Å². The van der Waals surface area contributed by atoms with E-state index >= 15 is 0 Å². The van der Waals surface area contributed by atoms with Crippen molar-refractivity contribution in [3.05, 3.63) is 64.2 Å². The molecule has 0 atom stereocenters. The van der Waals surface area contributed by atoms with Crippen LogP contribution in [0.5, 0.6) is 0 Å². The van der Waals surface area contributed by atoms with Gasteiger partial charge < -0.3 is 5.32 Å². The van der Waals surface area contributed by atoms with Crippen molar-refractivity contribution in [1.82, 2.24) is 9.71 Å². The van der Waals surface area contributed by atoms with E-state index in [2.05, 4.69) is 21.1 Å². The molecule has 0 amide bonds. The second kappa shape index (κ2) is 8.82. The molecule has 3 aromatic rings. The third kappa shape index (κ3) is 4.61. The van der Waals surface area contributed by atoms with Gasteiger partial charge in [0.05, 0.1) is 16.0 Å². The van der Waals surface area contributed by atoms with Crippen LogP contribution < -0.4 is 10.0 Å². The maximum absolute atomic E-state index is 12.7. The number of benzene rings is 2. The second-order valence-electron chi connectivity index (χ2n) is 7.55. The van der Waals surface area contributed by atoms with Crippen molar-refractivity contribution in [2.75, 3.05) is 18.4 Å². The average Bonchev–Trinajstić information content (AvgIpc) is 2.66. The molecule has 1 aromatic heterocycles. The number of para-hydroxylation sites is 1. The first kappa shape index (κ1) is 21.8. The van der Waals surface area contributed by atoms with Gasteiger partial charge in [-0.1, -0.05) is 35.9 Å². The molecular formula is C23H26N4O2S. The van der Waals surface area contributed by atoms with Crippen LogP contribution in [0.25, 0.3) is 10.9 Å². The van der Waals surface area contributed by atoms with Gasteiger partial charge in [-0.2, -0.15) is 5.26 Å². The van der Waals surface area contributed by atoms with Crippen molar-refractivity contribution in [2.24, 2.45) is 0 Å². The number of hydrogen-bond donors (Lipinski definition) is 2. The molecule has 2 aromatic carbocycles.